The highest BCUT2D eigenvalue weighted by atomic mass is 35.5. The van der Waals surface area contributed by atoms with E-state index in [4.69, 9.17) is 11.6 Å². The molecule has 0 saturated carbocycles. The monoisotopic (exact) mass is 379 g/mol. The Bertz CT molecular complexity index is 978. The molecule has 136 valence electrons. The zero-order valence-electron chi connectivity index (χ0n) is 14.5. The Labute approximate surface area is 162 Å². The molecule has 0 spiro atoms. The standard InChI is InChI=1S/C21H18ClN3O2/c22-16-10-11-19(25(26)27)17(14-16)21-23-18-8-4-5-9-20(18)24(21)13-12-15-6-2-1-3-7-15/h1-11,14,21,23H,12-13H2. The number of halogens is 1. The van der Waals surface area contributed by atoms with Crippen LogP contribution >= 0.6 is 11.6 Å². The maximum absolute atomic E-state index is 11.6. The molecule has 1 unspecified atom stereocenters. The van der Waals surface area contributed by atoms with E-state index in [2.05, 4.69) is 22.3 Å². The minimum Gasteiger partial charge on any atom is -0.360 e. The highest BCUT2D eigenvalue weighted by molar-refractivity contribution is 6.30. The van der Waals surface area contributed by atoms with E-state index in [1.54, 1.807) is 12.1 Å². The molecular formula is C21H18ClN3O2. The topological polar surface area (TPSA) is 58.4 Å². The van der Waals surface area contributed by atoms with Gasteiger partial charge in [-0.3, -0.25) is 10.1 Å². The van der Waals surface area contributed by atoms with E-state index in [0.29, 0.717) is 10.6 Å². The minimum atomic E-state index is -0.355. The van der Waals surface area contributed by atoms with Gasteiger partial charge in [0, 0.05) is 17.6 Å². The summed E-state index contributed by atoms with van der Waals surface area (Å²) in [6.07, 6.45) is 0.493. The molecule has 4 rings (SSSR count). The van der Waals surface area contributed by atoms with Crippen molar-refractivity contribution in [2.45, 2.75) is 12.6 Å². The Kier molecular flexibility index (Phi) is 4.69. The van der Waals surface area contributed by atoms with E-state index in [9.17, 15) is 10.1 Å². The second-order valence-electron chi connectivity index (χ2n) is 6.45. The average Bonchev–Trinajstić information content (AvgIpc) is 3.05. The predicted molar refractivity (Wildman–Crippen MR) is 108 cm³/mol. The first-order valence-electron chi connectivity index (χ1n) is 8.73. The van der Waals surface area contributed by atoms with Gasteiger partial charge in [0.1, 0.15) is 6.17 Å². The maximum Gasteiger partial charge on any atom is 0.276 e. The first kappa shape index (κ1) is 17.4. The maximum atomic E-state index is 11.6. The van der Waals surface area contributed by atoms with E-state index >= 15 is 0 Å². The van der Waals surface area contributed by atoms with Crippen molar-refractivity contribution in [1.29, 1.82) is 0 Å². The SMILES string of the molecule is O=[N+]([O-])c1ccc(Cl)cc1C1Nc2ccccc2N1CCc1ccccc1. The molecule has 1 aliphatic heterocycles. The van der Waals surface area contributed by atoms with E-state index in [1.165, 1.54) is 11.6 Å². The van der Waals surface area contributed by atoms with Crippen LogP contribution in [-0.2, 0) is 6.42 Å². The van der Waals surface area contributed by atoms with Crippen LogP contribution in [0.1, 0.15) is 17.3 Å². The van der Waals surface area contributed by atoms with E-state index in [-0.39, 0.29) is 16.8 Å². The molecule has 0 saturated heterocycles. The first-order chi connectivity index (χ1) is 13.1. The van der Waals surface area contributed by atoms with Gasteiger partial charge in [-0.2, -0.15) is 0 Å². The smallest absolute Gasteiger partial charge is 0.276 e. The molecule has 0 bridgehead atoms. The van der Waals surface area contributed by atoms with Crippen LogP contribution in [0.5, 0.6) is 0 Å². The Balaban J connectivity index is 1.71. The Hall–Kier alpha value is -3.05. The lowest BCUT2D eigenvalue weighted by Crippen LogP contribution is -2.30. The quantitative estimate of drug-likeness (QED) is 0.475. The number of anilines is 2. The third-order valence-electron chi connectivity index (χ3n) is 4.78. The molecule has 1 N–H and O–H groups in total. The van der Waals surface area contributed by atoms with Crippen LogP contribution in [0, 0.1) is 10.1 Å². The molecule has 0 aliphatic carbocycles. The van der Waals surface area contributed by atoms with Gasteiger partial charge in [-0.25, -0.2) is 0 Å². The number of nitrogens with one attached hydrogen (secondary N) is 1. The van der Waals surface area contributed by atoms with Crippen LogP contribution in [0.3, 0.4) is 0 Å². The summed E-state index contributed by atoms with van der Waals surface area (Å²) >= 11 is 6.16. The van der Waals surface area contributed by atoms with Gasteiger partial charge in [0.15, 0.2) is 0 Å². The molecule has 27 heavy (non-hydrogen) atoms. The van der Waals surface area contributed by atoms with Crippen molar-refractivity contribution in [3.05, 3.63) is 99.1 Å². The molecule has 5 nitrogen and oxygen atoms in total. The zero-order valence-corrected chi connectivity index (χ0v) is 15.3. The summed E-state index contributed by atoms with van der Waals surface area (Å²) in [4.78, 5) is 13.4. The van der Waals surface area contributed by atoms with Crippen molar-refractivity contribution in [2.75, 3.05) is 16.8 Å². The molecule has 0 amide bonds. The van der Waals surface area contributed by atoms with Crippen molar-refractivity contribution in [1.82, 2.24) is 0 Å². The number of nitro benzene ring substituents is 1. The fourth-order valence-electron chi connectivity index (χ4n) is 3.51. The van der Waals surface area contributed by atoms with E-state index in [1.807, 2.05) is 42.5 Å². The number of hydrogen-bond acceptors (Lipinski definition) is 4. The second kappa shape index (κ2) is 7.29. The van der Waals surface area contributed by atoms with E-state index < -0.39 is 0 Å². The number of hydrogen-bond donors (Lipinski definition) is 1. The highest BCUT2D eigenvalue weighted by Crippen LogP contribution is 2.43. The van der Waals surface area contributed by atoms with Crippen LogP contribution in [-0.4, -0.2) is 11.5 Å². The summed E-state index contributed by atoms with van der Waals surface area (Å²) in [7, 11) is 0. The van der Waals surface area contributed by atoms with Gasteiger partial charge >= 0.3 is 0 Å². The fraction of sp³-hybridized carbons (Fsp3) is 0.143. The van der Waals surface area contributed by atoms with Gasteiger partial charge in [0.25, 0.3) is 5.69 Å². The molecule has 3 aromatic rings. The number of benzene rings is 3. The van der Waals surface area contributed by atoms with Crippen LogP contribution in [0.4, 0.5) is 17.1 Å². The van der Waals surface area contributed by atoms with Gasteiger partial charge in [-0.05, 0) is 36.2 Å². The molecular weight excluding hydrogens is 362 g/mol. The fourth-order valence-corrected chi connectivity index (χ4v) is 3.69. The third-order valence-corrected chi connectivity index (χ3v) is 5.02. The largest absolute Gasteiger partial charge is 0.360 e. The number of nitro groups is 1. The van der Waals surface area contributed by atoms with Crippen molar-refractivity contribution in [3.8, 4) is 0 Å². The second-order valence-corrected chi connectivity index (χ2v) is 6.89. The lowest BCUT2D eigenvalue weighted by Gasteiger charge is -2.27. The van der Waals surface area contributed by atoms with E-state index in [0.717, 1.165) is 24.3 Å². The van der Waals surface area contributed by atoms with Crippen LogP contribution in [0.25, 0.3) is 0 Å². The van der Waals surface area contributed by atoms with Crippen molar-refractivity contribution in [2.24, 2.45) is 0 Å². The molecule has 0 fully saturated rings. The third kappa shape index (κ3) is 3.46. The molecule has 1 heterocycles. The zero-order chi connectivity index (χ0) is 18.8. The summed E-state index contributed by atoms with van der Waals surface area (Å²) in [5.74, 6) is 0. The molecule has 3 aromatic carbocycles. The molecule has 1 aliphatic rings. The normalized spacial score (nSPS) is 15.3. The van der Waals surface area contributed by atoms with Gasteiger partial charge in [0.2, 0.25) is 0 Å². The Morgan fingerprint density at radius 1 is 1.04 bits per heavy atom. The predicted octanol–water partition coefficient (Wildman–Crippen LogP) is 5.42. The summed E-state index contributed by atoms with van der Waals surface area (Å²) in [6.45, 7) is 0.725. The molecule has 0 aromatic heterocycles. The van der Waals surface area contributed by atoms with Gasteiger partial charge in [-0.1, -0.05) is 54.1 Å². The summed E-state index contributed by atoms with van der Waals surface area (Å²) in [5, 5.41) is 15.5. The summed E-state index contributed by atoms with van der Waals surface area (Å²) in [6, 6.07) is 22.9. The lowest BCUT2D eigenvalue weighted by molar-refractivity contribution is -0.385. The molecule has 6 heteroatoms. The van der Waals surface area contributed by atoms with Gasteiger partial charge in [0.05, 0.1) is 21.9 Å². The number of fused-ring (bicyclic) bond motifs is 1. The number of rotatable bonds is 5. The first-order valence-corrected chi connectivity index (χ1v) is 9.11. The van der Waals surface area contributed by atoms with Crippen LogP contribution < -0.4 is 10.2 Å². The van der Waals surface area contributed by atoms with Gasteiger partial charge < -0.3 is 10.2 Å². The summed E-state index contributed by atoms with van der Waals surface area (Å²) < 4.78 is 0. The lowest BCUT2D eigenvalue weighted by atomic mass is 10.1. The van der Waals surface area contributed by atoms with Gasteiger partial charge in [-0.15, -0.1) is 0 Å². The van der Waals surface area contributed by atoms with Crippen LogP contribution in [0.2, 0.25) is 5.02 Å². The minimum absolute atomic E-state index is 0.0643. The van der Waals surface area contributed by atoms with Crippen molar-refractivity contribution in [3.63, 3.8) is 0 Å². The Morgan fingerprint density at radius 2 is 1.78 bits per heavy atom. The van der Waals surface area contributed by atoms with Crippen LogP contribution in [0.15, 0.2) is 72.8 Å². The highest BCUT2D eigenvalue weighted by Gasteiger charge is 2.33. The number of nitrogens with zero attached hydrogens (tertiary/aromatic N) is 2. The summed E-state index contributed by atoms with van der Waals surface area (Å²) in [5.41, 5.74) is 3.85. The number of para-hydroxylation sites is 2. The molecule has 0 radical (unpaired) electrons. The molecule has 1 atom stereocenters. The Morgan fingerprint density at radius 3 is 2.56 bits per heavy atom. The van der Waals surface area contributed by atoms with Crippen molar-refractivity contribution < 1.29 is 4.92 Å². The van der Waals surface area contributed by atoms with Crippen molar-refractivity contribution >= 4 is 28.7 Å². The average molecular weight is 380 g/mol.